The van der Waals surface area contributed by atoms with Crippen molar-refractivity contribution in [3.63, 3.8) is 0 Å². The normalized spacial score (nSPS) is 25.4. The van der Waals surface area contributed by atoms with Crippen LogP contribution in [0.15, 0.2) is 30.3 Å². The number of carbonyl (C=O) groups is 1. The summed E-state index contributed by atoms with van der Waals surface area (Å²) in [5.41, 5.74) is 6.53. The molecule has 1 saturated carbocycles. The molecule has 0 bridgehead atoms. The van der Waals surface area contributed by atoms with E-state index in [-0.39, 0.29) is 35.9 Å². The SMILES string of the molecule is CCCC(Cc1ccccc1)NC(=O)C1(N)CC(OCC)C1(C)C.Cl. The van der Waals surface area contributed by atoms with Gasteiger partial charge in [0, 0.05) is 24.5 Å². The van der Waals surface area contributed by atoms with E-state index in [0.29, 0.717) is 13.0 Å². The maximum atomic E-state index is 12.9. The fourth-order valence-electron chi connectivity index (χ4n) is 3.61. The minimum absolute atomic E-state index is 0. The highest BCUT2D eigenvalue weighted by Crippen LogP contribution is 2.49. The summed E-state index contributed by atoms with van der Waals surface area (Å²) in [5.74, 6) is -0.0437. The largest absolute Gasteiger partial charge is 0.378 e. The van der Waals surface area contributed by atoms with Crippen LogP contribution in [-0.2, 0) is 16.0 Å². The number of hydrogen-bond acceptors (Lipinski definition) is 3. The Bertz CT molecular complexity index is 550. The first-order chi connectivity index (χ1) is 11.3. The second kappa shape index (κ2) is 9.02. The molecule has 0 spiro atoms. The lowest BCUT2D eigenvalue weighted by Gasteiger charge is -2.57. The molecule has 0 heterocycles. The number of nitrogens with two attached hydrogens (primary N) is 1. The Hall–Kier alpha value is -1.10. The van der Waals surface area contributed by atoms with Gasteiger partial charge in [0.05, 0.1) is 6.10 Å². The summed E-state index contributed by atoms with van der Waals surface area (Å²) >= 11 is 0. The molecule has 1 aromatic rings. The van der Waals surface area contributed by atoms with Crippen LogP contribution in [0.25, 0.3) is 0 Å². The van der Waals surface area contributed by atoms with Gasteiger partial charge in [-0.15, -0.1) is 12.4 Å². The van der Waals surface area contributed by atoms with Gasteiger partial charge in [0.1, 0.15) is 5.54 Å². The van der Waals surface area contributed by atoms with Crippen molar-refractivity contribution in [2.24, 2.45) is 11.1 Å². The molecule has 3 unspecified atom stereocenters. The summed E-state index contributed by atoms with van der Waals surface area (Å²) in [6, 6.07) is 10.4. The van der Waals surface area contributed by atoms with Gasteiger partial charge in [0.2, 0.25) is 5.91 Å². The van der Waals surface area contributed by atoms with Crippen molar-refractivity contribution in [2.45, 2.75) is 71.1 Å². The monoisotopic (exact) mass is 368 g/mol. The van der Waals surface area contributed by atoms with Crippen molar-refractivity contribution in [1.82, 2.24) is 5.32 Å². The van der Waals surface area contributed by atoms with Crippen molar-refractivity contribution in [3.05, 3.63) is 35.9 Å². The Morgan fingerprint density at radius 1 is 1.32 bits per heavy atom. The molecule has 3 N–H and O–H groups in total. The Morgan fingerprint density at radius 3 is 2.48 bits per heavy atom. The summed E-state index contributed by atoms with van der Waals surface area (Å²) in [7, 11) is 0. The fourth-order valence-corrected chi connectivity index (χ4v) is 3.61. The first-order valence-electron chi connectivity index (χ1n) is 9.10. The highest BCUT2D eigenvalue weighted by Gasteiger charge is 2.62. The number of nitrogens with one attached hydrogen (secondary N) is 1. The van der Waals surface area contributed by atoms with E-state index in [9.17, 15) is 4.79 Å². The van der Waals surface area contributed by atoms with Gasteiger partial charge in [-0.05, 0) is 25.3 Å². The third-order valence-corrected chi connectivity index (χ3v) is 5.53. The number of hydrogen-bond donors (Lipinski definition) is 2. The van der Waals surface area contributed by atoms with Gasteiger partial charge in [-0.2, -0.15) is 0 Å². The van der Waals surface area contributed by atoms with E-state index < -0.39 is 5.54 Å². The molecular formula is C20H33ClN2O2. The lowest BCUT2D eigenvalue weighted by molar-refractivity contribution is -0.171. The first kappa shape index (κ1) is 21.9. The molecule has 1 aromatic carbocycles. The Balaban J connectivity index is 0.00000312. The van der Waals surface area contributed by atoms with Crippen molar-refractivity contribution >= 4 is 18.3 Å². The van der Waals surface area contributed by atoms with Crippen LogP contribution in [0.3, 0.4) is 0 Å². The van der Waals surface area contributed by atoms with Crippen LogP contribution in [0.1, 0.15) is 52.5 Å². The van der Waals surface area contributed by atoms with E-state index in [0.717, 1.165) is 19.3 Å². The number of carbonyl (C=O) groups excluding carboxylic acids is 1. The molecule has 142 valence electrons. The summed E-state index contributed by atoms with van der Waals surface area (Å²) in [6.07, 6.45) is 3.46. The van der Waals surface area contributed by atoms with Gasteiger partial charge < -0.3 is 15.8 Å². The lowest BCUT2D eigenvalue weighted by Crippen LogP contribution is -2.76. The van der Waals surface area contributed by atoms with Crippen LogP contribution >= 0.6 is 12.4 Å². The van der Waals surface area contributed by atoms with Gasteiger partial charge in [-0.1, -0.05) is 57.5 Å². The van der Waals surface area contributed by atoms with Gasteiger partial charge in [0.25, 0.3) is 0 Å². The van der Waals surface area contributed by atoms with Gasteiger partial charge in [-0.25, -0.2) is 0 Å². The highest BCUT2D eigenvalue weighted by molar-refractivity contribution is 5.89. The molecule has 1 amide bonds. The zero-order valence-corrected chi connectivity index (χ0v) is 16.7. The van der Waals surface area contributed by atoms with Crippen LogP contribution in [0, 0.1) is 5.41 Å². The van der Waals surface area contributed by atoms with E-state index in [4.69, 9.17) is 10.5 Å². The average molecular weight is 369 g/mol. The molecule has 3 atom stereocenters. The third kappa shape index (κ3) is 4.55. The van der Waals surface area contributed by atoms with Crippen molar-refractivity contribution in [1.29, 1.82) is 0 Å². The molecule has 0 radical (unpaired) electrons. The molecule has 0 aliphatic heterocycles. The smallest absolute Gasteiger partial charge is 0.241 e. The fraction of sp³-hybridized carbons (Fsp3) is 0.650. The summed E-state index contributed by atoms with van der Waals surface area (Å²) in [4.78, 5) is 12.9. The molecule has 1 fully saturated rings. The number of benzene rings is 1. The first-order valence-corrected chi connectivity index (χ1v) is 9.10. The quantitative estimate of drug-likeness (QED) is 0.738. The summed E-state index contributed by atoms with van der Waals surface area (Å²) in [5, 5.41) is 3.21. The summed E-state index contributed by atoms with van der Waals surface area (Å²) < 4.78 is 5.73. The van der Waals surface area contributed by atoms with Gasteiger partial charge >= 0.3 is 0 Å². The lowest BCUT2D eigenvalue weighted by atomic mass is 9.54. The summed E-state index contributed by atoms with van der Waals surface area (Å²) in [6.45, 7) is 8.83. The van der Waals surface area contributed by atoms with Crippen LogP contribution in [0.2, 0.25) is 0 Å². The number of amides is 1. The number of halogens is 1. The number of rotatable bonds is 8. The maximum absolute atomic E-state index is 12.9. The maximum Gasteiger partial charge on any atom is 0.241 e. The minimum Gasteiger partial charge on any atom is -0.378 e. The molecule has 0 saturated heterocycles. The molecule has 25 heavy (non-hydrogen) atoms. The zero-order chi connectivity index (χ0) is 17.8. The Labute approximate surface area is 158 Å². The predicted octanol–water partition coefficient (Wildman–Crippen LogP) is 3.47. The van der Waals surface area contributed by atoms with E-state index in [1.165, 1.54) is 5.56 Å². The average Bonchev–Trinajstić information content (AvgIpc) is 2.55. The second-order valence-electron chi connectivity index (χ2n) is 7.49. The molecule has 0 aromatic heterocycles. The van der Waals surface area contributed by atoms with Gasteiger partial charge in [0.15, 0.2) is 0 Å². The highest BCUT2D eigenvalue weighted by atomic mass is 35.5. The zero-order valence-electron chi connectivity index (χ0n) is 15.9. The molecule has 4 nitrogen and oxygen atoms in total. The molecule has 1 aliphatic carbocycles. The Morgan fingerprint density at radius 2 is 1.96 bits per heavy atom. The molecule has 2 rings (SSSR count). The second-order valence-corrected chi connectivity index (χ2v) is 7.49. The van der Waals surface area contributed by atoms with Crippen LogP contribution in [0.5, 0.6) is 0 Å². The topological polar surface area (TPSA) is 64.4 Å². The molecule has 1 aliphatic rings. The van der Waals surface area contributed by atoms with E-state index >= 15 is 0 Å². The van der Waals surface area contributed by atoms with Crippen molar-refractivity contribution in [3.8, 4) is 0 Å². The van der Waals surface area contributed by atoms with E-state index in [2.05, 4.69) is 24.4 Å². The van der Waals surface area contributed by atoms with Crippen molar-refractivity contribution in [2.75, 3.05) is 6.61 Å². The van der Waals surface area contributed by atoms with Crippen LogP contribution in [-0.4, -0.2) is 30.2 Å². The van der Waals surface area contributed by atoms with E-state index in [1.807, 2.05) is 39.0 Å². The van der Waals surface area contributed by atoms with Gasteiger partial charge in [-0.3, -0.25) is 4.79 Å². The standard InChI is InChI=1S/C20H32N2O2.ClH/c1-5-10-16(13-15-11-8-7-9-12-15)22-18(23)20(21)14-17(24-6-2)19(20,3)4;/h7-9,11-12,16-17H,5-6,10,13-14,21H2,1-4H3,(H,22,23);1H. The van der Waals surface area contributed by atoms with Crippen LogP contribution < -0.4 is 11.1 Å². The predicted molar refractivity (Wildman–Crippen MR) is 105 cm³/mol. The number of ether oxygens (including phenoxy) is 1. The molecular weight excluding hydrogens is 336 g/mol. The van der Waals surface area contributed by atoms with Crippen molar-refractivity contribution < 1.29 is 9.53 Å². The minimum atomic E-state index is -0.852. The third-order valence-electron chi connectivity index (χ3n) is 5.53. The van der Waals surface area contributed by atoms with Crippen LogP contribution in [0.4, 0.5) is 0 Å². The Kier molecular flexibility index (Phi) is 7.91. The molecule has 5 heteroatoms. The van der Waals surface area contributed by atoms with E-state index in [1.54, 1.807) is 0 Å².